The fourth-order valence-electron chi connectivity index (χ4n) is 3.76. The summed E-state index contributed by atoms with van der Waals surface area (Å²) in [5.74, 6) is 1.19. The molecule has 1 aliphatic rings. The molecule has 1 aliphatic heterocycles. The lowest BCUT2D eigenvalue weighted by molar-refractivity contribution is 0.0666. The number of aryl methyl sites for hydroxylation is 2. The number of likely N-dealkylation sites (tertiary alicyclic amines) is 1. The number of hydrogen-bond acceptors (Lipinski definition) is 5. The first-order valence-electron chi connectivity index (χ1n) is 9.89. The number of halogens is 1. The van der Waals surface area contributed by atoms with Crippen molar-refractivity contribution in [2.24, 2.45) is 5.92 Å². The summed E-state index contributed by atoms with van der Waals surface area (Å²) in [5, 5.41) is 4.04. The minimum absolute atomic E-state index is 0.0541. The van der Waals surface area contributed by atoms with E-state index in [2.05, 4.69) is 15.1 Å². The maximum Gasteiger partial charge on any atom is 0.257 e. The first-order valence-corrected chi connectivity index (χ1v) is 9.89. The zero-order chi connectivity index (χ0) is 20.2. The van der Waals surface area contributed by atoms with E-state index in [0.717, 1.165) is 38.0 Å². The van der Waals surface area contributed by atoms with Crippen LogP contribution in [0.25, 0.3) is 11.5 Å². The predicted molar refractivity (Wildman–Crippen MR) is 106 cm³/mol. The molecule has 1 unspecified atom stereocenters. The van der Waals surface area contributed by atoms with Crippen LogP contribution in [0.1, 0.15) is 41.1 Å². The monoisotopic (exact) mass is 394 g/mol. The van der Waals surface area contributed by atoms with Crippen LogP contribution in [0, 0.1) is 18.7 Å². The van der Waals surface area contributed by atoms with Crippen LogP contribution in [-0.2, 0) is 6.42 Å². The van der Waals surface area contributed by atoms with Crippen molar-refractivity contribution in [3.05, 3.63) is 65.5 Å². The SMILES string of the molecule is Cc1ncccc1C(=O)N1CCCC(CCc2noc(-c3ccc(F)cc3)n2)C1. The minimum atomic E-state index is -0.300. The number of piperidine rings is 1. The molecule has 1 fully saturated rings. The van der Waals surface area contributed by atoms with Gasteiger partial charge < -0.3 is 9.42 Å². The summed E-state index contributed by atoms with van der Waals surface area (Å²) in [4.78, 5) is 23.4. The first kappa shape index (κ1) is 19.2. The van der Waals surface area contributed by atoms with Crippen molar-refractivity contribution in [2.45, 2.75) is 32.6 Å². The third-order valence-electron chi connectivity index (χ3n) is 5.38. The van der Waals surface area contributed by atoms with Crippen molar-refractivity contribution in [2.75, 3.05) is 13.1 Å². The second kappa shape index (κ2) is 8.51. The highest BCUT2D eigenvalue weighted by molar-refractivity contribution is 5.95. The van der Waals surface area contributed by atoms with Crippen LogP contribution < -0.4 is 0 Å². The zero-order valence-electron chi connectivity index (χ0n) is 16.3. The molecule has 0 N–H and O–H groups in total. The molecular weight excluding hydrogens is 371 g/mol. The van der Waals surface area contributed by atoms with E-state index in [9.17, 15) is 9.18 Å². The van der Waals surface area contributed by atoms with Crippen molar-refractivity contribution in [1.29, 1.82) is 0 Å². The Morgan fingerprint density at radius 2 is 2.10 bits per heavy atom. The summed E-state index contributed by atoms with van der Waals surface area (Å²) in [6.07, 6.45) is 5.35. The van der Waals surface area contributed by atoms with E-state index in [1.807, 2.05) is 17.9 Å². The van der Waals surface area contributed by atoms with E-state index >= 15 is 0 Å². The third-order valence-corrected chi connectivity index (χ3v) is 5.38. The zero-order valence-corrected chi connectivity index (χ0v) is 16.3. The molecule has 29 heavy (non-hydrogen) atoms. The molecule has 4 rings (SSSR count). The van der Waals surface area contributed by atoms with Crippen LogP contribution in [0.5, 0.6) is 0 Å². The molecule has 6 nitrogen and oxygen atoms in total. The number of benzene rings is 1. The van der Waals surface area contributed by atoms with Crippen LogP contribution >= 0.6 is 0 Å². The van der Waals surface area contributed by atoms with E-state index in [1.165, 1.54) is 12.1 Å². The summed E-state index contributed by atoms with van der Waals surface area (Å²) in [5.41, 5.74) is 2.14. The van der Waals surface area contributed by atoms with Gasteiger partial charge in [-0.2, -0.15) is 4.98 Å². The molecule has 0 bridgehead atoms. The quantitative estimate of drug-likeness (QED) is 0.652. The Bertz CT molecular complexity index is 986. The molecule has 1 aromatic carbocycles. The van der Waals surface area contributed by atoms with Gasteiger partial charge in [-0.25, -0.2) is 4.39 Å². The molecule has 0 aliphatic carbocycles. The maximum atomic E-state index is 13.1. The lowest BCUT2D eigenvalue weighted by atomic mass is 9.92. The fraction of sp³-hybridized carbons (Fsp3) is 0.364. The molecule has 7 heteroatoms. The van der Waals surface area contributed by atoms with E-state index in [-0.39, 0.29) is 11.7 Å². The Labute approximate surface area is 168 Å². The molecule has 0 saturated carbocycles. The van der Waals surface area contributed by atoms with E-state index < -0.39 is 0 Å². The fourth-order valence-corrected chi connectivity index (χ4v) is 3.76. The van der Waals surface area contributed by atoms with Gasteiger partial charge in [-0.05, 0) is 68.5 Å². The van der Waals surface area contributed by atoms with Gasteiger partial charge in [0, 0.05) is 37.0 Å². The predicted octanol–water partition coefficient (Wildman–Crippen LogP) is 4.06. The van der Waals surface area contributed by atoms with E-state index in [4.69, 9.17) is 4.52 Å². The summed E-state index contributed by atoms with van der Waals surface area (Å²) in [6.45, 7) is 3.38. The van der Waals surface area contributed by atoms with Crippen LogP contribution in [0.15, 0.2) is 47.1 Å². The van der Waals surface area contributed by atoms with Crippen molar-refractivity contribution in [3.8, 4) is 11.5 Å². The van der Waals surface area contributed by atoms with Gasteiger partial charge in [0.15, 0.2) is 5.82 Å². The molecule has 1 amide bonds. The molecular formula is C22H23FN4O2. The topological polar surface area (TPSA) is 72.1 Å². The first-order chi connectivity index (χ1) is 14.1. The second-order valence-corrected chi connectivity index (χ2v) is 7.46. The molecule has 3 heterocycles. The van der Waals surface area contributed by atoms with Gasteiger partial charge >= 0.3 is 0 Å². The number of aromatic nitrogens is 3. The summed E-state index contributed by atoms with van der Waals surface area (Å²) in [7, 11) is 0. The lowest BCUT2D eigenvalue weighted by Gasteiger charge is -2.33. The van der Waals surface area contributed by atoms with Crippen LogP contribution in [0.2, 0.25) is 0 Å². The smallest absolute Gasteiger partial charge is 0.257 e. The number of nitrogens with zero attached hydrogens (tertiary/aromatic N) is 4. The minimum Gasteiger partial charge on any atom is -0.338 e. The highest BCUT2D eigenvalue weighted by Crippen LogP contribution is 2.24. The summed E-state index contributed by atoms with van der Waals surface area (Å²) >= 11 is 0. The molecule has 150 valence electrons. The Morgan fingerprint density at radius 1 is 1.28 bits per heavy atom. The van der Waals surface area contributed by atoms with Crippen molar-refractivity contribution >= 4 is 5.91 Å². The lowest BCUT2D eigenvalue weighted by Crippen LogP contribution is -2.40. The standard InChI is InChI=1S/C22H23FN4O2/c1-15-19(5-2-12-24-15)22(28)27-13-3-4-16(14-27)6-11-20-25-21(29-26-20)17-7-9-18(23)10-8-17/h2,5,7-10,12,16H,3-4,6,11,13-14H2,1H3. The number of rotatable bonds is 5. The van der Waals surface area contributed by atoms with Gasteiger partial charge in [-0.1, -0.05) is 5.16 Å². The van der Waals surface area contributed by atoms with Crippen LogP contribution in [0.4, 0.5) is 4.39 Å². The van der Waals surface area contributed by atoms with Gasteiger partial charge in [0.05, 0.1) is 5.56 Å². The van der Waals surface area contributed by atoms with Gasteiger partial charge in [0.25, 0.3) is 11.8 Å². The van der Waals surface area contributed by atoms with E-state index in [0.29, 0.717) is 35.2 Å². The van der Waals surface area contributed by atoms with Crippen molar-refractivity contribution < 1.29 is 13.7 Å². The Hall–Kier alpha value is -3.09. The second-order valence-electron chi connectivity index (χ2n) is 7.46. The molecule has 3 aromatic rings. The molecule has 1 saturated heterocycles. The Balaban J connectivity index is 1.35. The molecule has 0 spiro atoms. The summed E-state index contributed by atoms with van der Waals surface area (Å²) in [6, 6.07) is 9.63. The van der Waals surface area contributed by atoms with Crippen molar-refractivity contribution in [1.82, 2.24) is 20.0 Å². The average Bonchev–Trinajstić information content (AvgIpc) is 3.22. The largest absolute Gasteiger partial charge is 0.338 e. The number of hydrogen-bond donors (Lipinski definition) is 0. The Morgan fingerprint density at radius 3 is 2.90 bits per heavy atom. The number of amides is 1. The van der Waals surface area contributed by atoms with Gasteiger partial charge in [-0.3, -0.25) is 9.78 Å². The third kappa shape index (κ3) is 4.50. The number of carbonyl (C=O) groups excluding carboxylic acids is 1. The van der Waals surface area contributed by atoms with Gasteiger partial charge in [-0.15, -0.1) is 0 Å². The number of carbonyl (C=O) groups is 1. The van der Waals surface area contributed by atoms with Gasteiger partial charge in [0.2, 0.25) is 0 Å². The number of pyridine rings is 1. The summed E-state index contributed by atoms with van der Waals surface area (Å²) < 4.78 is 18.4. The molecule has 1 atom stereocenters. The van der Waals surface area contributed by atoms with Crippen LogP contribution in [-0.4, -0.2) is 39.0 Å². The highest BCUT2D eigenvalue weighted by atomic mass is 19.1. The molecule has 0 radical (unpaired) electrons. The average molecular weight is 394 g/mol. The van der Waals surface area contributed by atoms with Gasteiger partial charge in [0.1, 0.15) is 5.82 Å². The van der Waals surface area contributed by atoms with E-state index in [1.54, 1.807) is 24.4 Å². The maximum absolute atomic E-state index is 13.1. The van der Waals surface area contributed by atoms with Crippen molar-refractivity contribution in [3.63, 3.8) is 0 Å². The van der Waals surface area contributed by atoms with Crippen LogP contribution in [0.3, 0.4) is 0 Å². The normalized spacial score (nSPS) is 16.8. The highest BCUT2D eigenvalue weighted by Gasteiger charge is 2.25. The molecule has 2 aromatic heterocycles. The Kier molecular flexibility index (Phi) is 5.64.